The summed E-state index contributed by atoms with van der Waals surface area (Å²) in [6.07, 6.45) is 5.02. The summed E-state index contributed by atoms with van der Waals surface area (Å²) in [6, 6.07) is 0.429. The molecule has 1 saturated carbocycles. The summed E-state index contributed by atoms with van der Waals surface area (Å²) >= 11 is 0. The monoisotopic (exact) mass is 255 g/mol. The second kappa shape index (κ2) is 6.55. The van der Waals surface area contributed by atoms with Crippen LogP contribution in [0.1, 0.15) is 59.8 Å². The van der Waals surface area contributed by atoms with Crippen molar-refractivity contribution < 1.29 is 9.90 Å². The van der Waals surface area contributed by atoms with Gasteiger partial charge in [-0.3, -0.25) is 9.69 Å². The summed E-state index contributed by atoms with van der Waals surface area (Å²) in [5, 5.41) is 9.68. The van der Waals surface area contributed by atoms with Gasteiger partial charge < -0.3 is 5.11 Å². The largest absolute Gasteiger partial charge is 0.481 e. The molecule has 0 aromatic heterocycles. The molecule has 1 fully saturated rings. The quantitative estimate of drug-likeness (QED) is 0.791. The molecule has 0 radical (unpaired) electrons. The number of hydrogen-bond acceptors (Lipinski definition) is 2. The first-order chi connectivity index (χ1) is 8.41. The zero-order chi connectivity index (χ0) is 13.8. The van der Waals surface area contributed by atoms with Crippen LogP contribution in [0.15, 0.2) is 0 Å². The number of carbonyl (C=O) groups is 1. The van der Waals surface area contributed by atoms with Crippen molar-refractivity contribution in [1.29, 1.82) is 0 Å². The first-order valence-electron chi connectivity index (χ1n) is 7.38. The van der Waals surface area contributed by atoms with Gasteiger partial charge >= 0.3 is 5.97 Å². The number of hydrogen-bond donors (Lipinski definition) is 1. The van der Waals surface area contributed by atoms with Gasteiger partial charge in [0.25, 0.3) is 0 Å². The van der Waals surface area contributed by atoms with Crippen molar-refractivity contribution in [2.45, 2.75) is 65.8 Å². The van der Waals surface area contributed by atoms with E-state index in [1.165, 1.54) is 6.42 Å². The van der Waals surface area contributed by atoms with Crippen LogP contribution in [0, 0.1) is 11.3 Å². The third-order valence-electron chi connectivity index (χ3n) is 4.29. The Balaban J connectivity index is 2.80. The van der Waals surface area contributed by atoms with Crippen LogP contribution >= 0.6 is 0 Å². The molecular weight excluding hydrogens is 226 g/mol. The minimum absolute atomic E-state index is 0.429. The lowest BCUT2D eigenvalue weighted by atomic mass is 9.69. The third kappa shape index (κ3) is 3.71. The van der Waals surface area contributed by atoms with E-state index in [-0.39, 0.29) is 0 Å². The predicted octanol–water partition coefficient (Wildman–Crippen LogP) is 3.39. The molecule has 18 heavy (non-hydrogen) atoms. The summed E-state index contributed by atoms with van der Waals surface area (Å²) in [6.45, 7) is 10.4. The van der Waals surface area contributed by atoms with Crippen molar-refractivity contribution >= 4 is 5.97 Å². The van der Waals surface area contributed by atoms with Crippen molar-refractivity contribution in [3.8, 4) is 0 Å². The second-order valence-corrected chi connectivity index (χ2v) is 6.35. The van der Waals surface area contributed by atoms with Gasteiger partial charge in [-0.2, -0.15) is 0 Å². The molecule has 3 nitrogen and oxygen atoms in total. The molecule has 0 bridgehead atoms. The van der Waals surface area contributed by atoms with E-state index in [4.69, 9.17) is 0 Å². The Morgan fingerprint density at radius 2 is 2.17 bits per heavy atom. The Hall–Kier alpha value is -0.570. The highest BCUT2D eigenvalue weighted by Crippen LogP contribution is 2.40. The number of nitrogens with zero attached hydrogens (tertiary/aromatic N) is 1. The highest BCUT2D eigenvalue weighted by Gasteiger charge is 2.43. The van der Waals surface area contributed by atoms with Crippen molar-refractivity contribution in [2.24, 2.45) is 11.3 Å². The zero-order valence-corrected chi connectivity index (χ0v) is 12.4. The van der Waals surface area contributed by atoms with E-state index in [0.717, 1.165) is 38.8 Å². The van der Waals surface area contributed by atoms with Gasteiger partial charge in [-0.1, -0.05) is 26.7 Å². The minimum Gasteiger partial charge on any atom is -0.481 e. The standard InChI is InChI=1S/C15H29NO2/c1-5-9-16(12(2)3)11-15(14(17)18)8-6-7-13(4)10-15/h12-13H,5-11H2,1-4H3,(H,17,18). The highest BCUT2D eigenvalue weighted by molar-refractivity contribution is 5.75. The number of carboxylic acids is 1. The maximum absolute atomic E-state index is 11.8. The predicted molar refractivity (Wildman–Crippen MR) is 74.7 cm³/mol. The molecule has 0 aromatic carbocycles. The van der Waals surface area contributed by atoms with Gasteiger partial charge in [-0.15, -0.1) is 0 Å². The van der Waals surface area contributed by atoms with Gasteiger partial charge in [0.15, 0.2) is 0 Å². The minimum atomic E-state index is -0.587. The molecule has 1 rings (SSSR count). The number of rotatable bonds is 6. The van der Waals surface area contributed by atoms with Crippen LogP contribution in [0.25, 0.3) is 0 Å². The fourth-order valence-corrected chi connectivity index (χ4v) is 3.26. The van der Waals surface area contributed by atoms with E-state index in [0.29, 0.717) is 12.0 Å². The number of aliphatic carboxylic acids is 1. The van der Waals surface area contributed by atoms with Gasteiger partial charge in [-0.25, -0.2) is 0 Å². The van der Waals surface area contributed by atoms with Crippen LogP contribution < -0.4 is 0 Å². The smallest absolute Gasteiger partial charge is 0.310 e. The molecule has 2 unspecified atom stereocenters. The van der Waals surface area contributed by atoms with E-state index >= 15 is 0 Å². The van der Waals surface area contributed by atoms with Crippen molar-refractivity contribution in [2.75, 3.05) is 13.1 Å². The van der Waals surface area contributed by atoms with Crippen LogP contribution in [-0.2, 0) is 4.79 Å². The summed E-state index contributed by atoms with van der Waals surface area (Å²) in [7, 11) is 0. The van der Waals surface area contributed by atoms with Crippen LogP contribution in [0.3, 0.4) is 0 Å². The number of carboxylic acid groups (broad SMARTS) is 1. The molecule has 3 heteroatoms. The van der Waals surface area contributed by atoms with E-state index in [9.17, 15) is 9.90 Å². The van der Waals surface area contributed by atoms with Gasteiger partial charge in [0.1, 0.15) is 0 Å². The topological polar surface area (TPSA) is 40.5 Å². The lowest BCUT2D eigenvalue weighted by Crippen LogP contribution is -2.48. The Morgan fingerprint density at radius 3 is 2.61 bits per heavy atom. The molecule has 2 atom stereocenters. The highest BCUT2D eigenvalue weighted by atomic mass is 16.4. The Morgan fingerprint density at radius 1 is 1.50 bits per heavy atom. The van der Waals surface area contributed by atoms with Crippen LogP contribution in [-0.4, -0.2) is 35.1 Å². The van der Waals surface area contributed by atoms with Crippen LogP contribution in [0.2, 0.25) is 0 Å². The lowest BCUT2D eigenvalue weighted by molar-refractivity contribution is -0.154. The summed E-state index contributed by atoms with van der Waals surface area (Å²) < 4.78 is 0. The average molecular weight is 255 g/mol. The zero-order valence-electron chi connectivity index (χ0n) is 12.4. The van der Waals surface area contributed by atoms with Crippen LogP contribution in [0.4, 0.5) is 0 Å². The van der Waals surface area contributed by atoms with Gasteiger partial charge in [0, 0.05) is 12.6 Å². The maximum atomic E-state index is 11.8. The Kier molecular flexibility index (Phi) is 5.64. The molecule has 0 amide bonds. The maximum Gasteiger partial charge on any atom is 0.310 e. The SMILES string of the molecule is CCCN(CC1(C(=O)O)CCCC(C)C1)C(C)C. The van der Waals surface area contributed by atoms with Crippen LogP contribution in [0.5, 0.6) is 0 Å². The normalized spacial score (nSPS) is 28.9. The van der Waals surface area contributed by atoms with E-state index < -0.39 is 11.4 Å². The van der Waals surface area contributed by atoms with E-state index in [2.05, 4.69) is 32.6 Å². The molecule has 1 aliphatic carbocycles. The fraction of sp³-hybridized carbons (Fsp3) is 0.933. The fourth-order valence-electron chi connectivity index (χ4n) is 3.26. The molecule has 1 N–H and O–H groups in total. The molecule has 0 saturated heterocycles. The van der Waals surface area contributed by atoms with Crippen molar-refractivity contribution in [1.82, 2.24) is 4.90 Å². The molecule has 1 aliphatic rings. The molecule has 0 aromatic rings. The molecule has 106 valence electrons. The van der Waals surface area contributed by atoms with E-state index in [1.807, 2.05) is 0 Å². The first kappa shape index (κ1) is 15.5. The lowest BCUT2D eigenvalue weighted by Gasteiger charge is -2.41. The molecule has 0 aliphatic heterocycles. The molecule has 0 spiro atoms. The van der Waals surface area contributed by atoms with Gasteiger partial charge in [0.05, 0.1) is 5.41 Å². The van der Waals surface area contributed by atoms with Gasteiger partial charge in [0.2, 0.25) is 0 Å². The second-order valence-electron chi connectivity index (χ2n) is 6.35. The van der Waals surface area contributed by atoms with Crippen molar-refractivity contribution in [3.63, 3.8) is 0 Å². The molecular formula is C15H29NO2. The summed E-state index contributed by atoms with van der Waals surface area (Å²) in [5.74, 6) is -0.0405. The Labute approximate surface area is 112 Å². The van der Waals surface area contributed by atoms with E-state index in [1.54, 1.807) is 0 Å². The summed E-state index contributed by atoms with van der Waals surface area (Å²) in [5.41, 5.74) is -0.503. The Bertz CT molecular complexity index is 278. The first-order valence-corrected chi connectivity index (χ1v) is 7.38. The average Bonchev–Trinajstić information content (AvgIpc) is 2.28. The van der Waals surface area contributed by atoms with Crippen molar-refractivity contribution in [3.05, 3.63) is 0 Å². The molecule has 0 heterocycles. The third-order valence-corrected chi connectivity index (χ3v) is 4.29. The summed E-state index contributed by atoms with van der Waals surface area (Å²) in [4.78, 5) is 14.1. The van der Waals surface area contributed by atoms with Gasteiger partial charge in [-0.05, 0) is 45.6 Å².